The van der Waals surface area contributed by atoms with Crippen molar-refractivity contribution < 1.29 is 45.6 Å². The van der Waals surface area contributed by atoms with E-state index in [-0.39, 0.29) is 43.1 Å². The molecule has 2 aromatic rings. The van der Waals surface area contributed by atoms with Crippen molar-refractivity contribution in [1.29, 1.82) is 0 Å². The molecule has 0 spiro atoms. The van der Waals surface area contributed by atoms with Crippen LogP contribution < -0.4 is 10.1 Å². The summed E-state index contributed by atoms with van der Waals surface area (Å²) in [5, 5.41) is 13.6. The molecule has 1 fully saturated rings. The number of hydrogen-bond donors (Lipinski definition) is 1. The van der Waals surface area contributed by atoms with Crippen molar-refractivity contribution in [2.45, 2.75) is 30.8 Å². The molecule has 1 amide bonds. The Kier molecular flexibility index (Phi) is 8.61. The molecule has 2 aromatic carbocycles. The van der Waals surface area contributed by atoms with Gasteiger partial charge in [-0.05, 0) is 37.5 Å². The highest BCUT2D eigenvalue weighted by atomic mass is 32.2. The van der Waals surface area contributed by atoms with Crippen molar-refractivity contribution >= 4 is 33.3 Å². The minimum absolute atomic E-state index is 0.00741. The smallest absolute Gasteiger partial charge is 0.417 e. The number of alkyl halides is 3. The summed E-state index contributed by atoms with van der Waals surface area (Å²) >= 11 is 0. The first-order valence-electron chi connectivity index (χ1n) is 11.2. The highest BCUT2D eigenvalue weighted by Crippen LogP contribution is 2.36. The molecule has 0 unspecified atom stereocenters. The summed E-state index contributed by atoms with van der Waals surface area (Å²) in [4.78, 5) is 34.3. The molecule has 38 heavy (non-hydrogen) atoms. The van der Waals surface area contributed by atoms with Gasteiger partial charge in [-0.2, -0.15) is 17.5 Å². The maximum absolute atomic E-state index is 13.3. The van der Waals surface area contributed by atoms with Crippen LogP contribution in [0.3, 0.4) is 0 Å². The van der Waals surface area contributed by atoms with Crippen molar-refractivity contribution in [2.75, 3.05) is 32.1 Å². The Bertz CT molecular complexity index is 1340. The number of sulfonamides is 1. The van der Waals surface area contributed by atoms with Crippen LogP contribution in [0.2, 0.25) is 0 Å². The minimum Gasteiger partial charge on any atom is -0.490 e. The van der Waals surface area contributed by atoms with Gasteiger partial charge in [-0.25, -0.2) is 8.42 Å². The molecule has 0 bridgehead atoms. The number of nitrogens with one attached hydrogen (secondary N) is 1. The number of rotatable bonds is 8. The first-order chi connectivity index (χ1) is 17.8. The number of esters is 1. The number of nitro groups is 1. The molecule has 0 saturated carbocycles. The number of benzene rings is 2. The summed E-state index contributed by atoms with van der Waals surface area (Å²) < 4.78 is 76.5. The van der Waals surface area contributed by atoms with E-state index in [1.54, 1.807) is 0 Å². The maximum atomic E-state index is 13.3. The fourth-order valence-electron chi connectivity index (χ4n) is 3.95. The second kappa shape index (κ2) is 11.3. The standard InChI is InChI=1S/C23H24F3N3O8S/c1-14-11-18(29(32)33)19(36-2)12-17(14)27-21(30)13-37-22(31)15-7-9-28(10-8-15)38(34,35)20-6-4-3-5-16(20)23(24,25)26/h3-6,11-12,15H,7-10,13H2,1-2H3,(H,27,30). The van der Waals surface area contributed by atoms with Gasteiger partial charge in [0.2, 0.25) is 10.0 Å². The average Bonchev–Trinajstić information content (AvgIpc) is 2.87. The van der Waals surface area contributed by atoms with Crippen LogP contribution >= 0.6 is 0 Å². The van der Waals surface area contributed by atoms with E-state index in [1.165, 1.54) is 32.2 Å². The summed E-state index contributed by atoms with van der Waals surface area (Å²) in [5.74, 6) is -2.31. The molecule has 1 N–H and O–H groups in total. The molecule has 1 saturated heterocycles. The highest BCUT2D eigenvalue weighted by molar-refractivity contribution is 7.89. The van der Waals surface area contributed by atoms with E-state index in [2.05, 4.69) is 5.32 Å². The lowest BCUT2D eigenvalue weighted by atomic mass is 9.98. The van der Waals surface area contributed by atoms with E-state index >= 15 is 0 Å². The van der Waals surface area contributed by atoms with Gasteiger partial charge < -0.3 is 14.8 Å². The van der Waals surface area contributed by atoms with Crippen molar-refractivity contribution in [2.24, 2.45) is 5.92 Å². The summed E-state index contributed by atoms with van der Waals surface area (Å²) in [7, 11) is -3.23. The van der Waals surface area contributed by atoms with Crippen LogP contribution in [-0.4, -0.2) is 56.3 Å². The number of piperidine rings is 1. The average molecular weight is 560 g/mol. The predicted molar refractivity (Wildman–Crippen MR) is 127 cm³/mol. The Labute approximate surface area is 215 Å². The fourth-order valence-corrected chi connectivity index (χ4v) is 5.63. The molecule has 206 valence electrons. The predicted octanol–water partition coefficient (Wildman–Crippen LogP) is 3.51. The maximum Gasteiger partial charge on any atom is 0.417 e. The van der Waals surface area contributed by atoms with Gasteiger partial charge in [0.25, 0.3) is 5.91 Å². The van der Waals surface area contributed by atoms with Gasteiger partial charge in [-0.1, -0.05) is 12.1 Å². The Morgan fingerprint density at radius 2 is 1.82 bits per heavy atom. The zero-order valence-corrected chi connectivity index (χ0v) is 21.1. The van der Waals surface area contributed by atoms with Gasteiger partial charge in [0.15, 0.2) is 12.4 Å². The molecular formula is C23H24F3N3O8S. The molecule has 3 rings (SSSR count). The Morgan fingerprint density at radius 1 is 1.18 bits per heavy atom. The monoisotopic (exact) mass is 559 g/mol. The van der Waals surface area contributed by atoms with Crippen molar-refractivity contribution in [1.82, 2.24) is 4.31 Å². The number of halogens is 3. The Hall–Kier alpha value is -3.72. The van der Waals surface area contributed by atoms with Crippen molar-refractivity contribution in [3.05, 3.63) is 57.6 Å². The van der Waals surface area contributed by atoms with E-state index in [1.807, 2.05) is 0 Å². The molecule has 1 aliphatic rings. The number of nitro benzene ring substituents is 1. The van der Waals surface area contributed by atoms with Crippen LogP contribution in [0.5, 0.6) is 5.75 Å². The number of hydrogen-bond acceptors (Lipinski definition) is 8. The van der Waals surface area contributed by atoms with Crippen LogP contribution in [0.1, 0.15) is 24.0 Å². The number of aryl methyl sites for hydroxylation is 1. The number of carbonyl (C=O) groups excluding carboxylic acids is 2. The second-order valence-corrected chi connectivity index (χ2v) is 10.3. The fraction of sp³-hybridized carbons (Fsp3) is 0.391. The largest absolute Gasteiger partial charge is 0.490 e. The Morgan fingerprint density at radius 3 is 2.39 bits per heavy atom. The Balaban J connectivity index is 1.57. The quantitative estimate of drug-likeness (QED) is 0.294. The topological polar surface area (TPSA) is 145 Å². The summed E-state index contributed by atoms with van der Waals surface area (Å²) in [6.45, 7) is 0.447. The van der Waals surface area contributed by atoms with Gasteiger partial charge in [0.05, 0.1) is 28.4 Å². The first kappa shape index (κ1) is 28.8. The molecule has 0 radical (unpaired) electrons. The molecule has 0 aliphatic carbocycles. The van der Waals surface area contributed by atoms with Gasteiger partial charge >= 0.3 is 17.8 Å². The SMILES string of the molecule is COc1cc(NC(=O)COC(=O)C2CCN(S(=O)(=O)c3ccccc3C(F)(F)F)CC2)c(C)cc1[N+](=O)[O-]. The molecule has 15 heteroatoms. The van der Waals surface area contributed by atoms with Gasteiger partial charge in [0, 0.05) is 30.9 Å². The summed E-state index contributed by atoms with van der Waals surface area (Å²) in [6.07, 6.45) is -4.87. The second-order valence-electron chi connectivity index (χ2n) is 8.42. The van der Waals surface area contributed by atoms with Gasteiger partial charge in [0.1, 0.15) is 0 Å². The lowest BCUT2D eigenvalue weighted by Crippen LogP contribution is -2.41. The van der Waals surface area contributed by atoms with Gasteiger partial charge in [-0.3, -0.25) is 19.7 Å². The van der Waals surface area contributed by atoms with Crippen molar-refractivity contribution in [3.63, 3.8) is 0 Å². The van der Waals surface area contributed by atoms with E-state index < -0.39 is 56.0 Å². The number of nitrogens with zero attached hydrogens (tertiary/aromatic N) is 2. The van der Waals surface area contributed by atoms with Crippen LogP contribution in [0, 0.1) is 23.0 Å². The number of amides is 1. The normalized spacial score (nSPS) is 15.1. The summed E-state index contributed by atoms with van der Waals surface area (Å²) in [5.41, 5.74) is -0.970. The zero-order valence-electron chi connectivity index (χ0n) is 20.3. The summed E-state index contributed by atoms with van der Waals surface area (Å²) in [6, 6.07) is 6.36. The number of anilines is 1. The zero-order chi connectivity index (χ0) is 28.3. The molecule has 11 nitrogen and oxygen atoms in total. The van der Waals surface area contributed by atoms with E-state index in [0.29, 0.717) is 11.6 Å². The van der Waals surface area contributed by atoms with Crippen LogP contribution in [0.15, 0.2) is 41.3 Å². The number of carbonyl (C=O) groups is 2. The molecule has 1 aliphatic heterocycles. The third-order valence-electron chi connectivity index (χ3n) is 5.94. The third-order valence-corrected chi connectivity index (χ3v) is 7.90. The lowest BCUT2D eigenvalue weighted by molar-refractivity contribution is -0.385. The van der Waals surface area contributed by atoms with Crippen LogP contribution in [0.4, 0.5) is 24.5 Å². The van der Waals surface area contributed by atoms with Crippen LogP contribution in [-0.2, 0) is 30.5 Å². The molecule has 0 aromatic heterocycles. The van der Waals surface area contributed by atoms with E-state index in [9.17, 15) is 41.3 Å². The number of methoxy groups -OCH3 is 1. The minimum atomic E-state index is -4.86. The first-order valence-corrected chi connectivity index (χ1v) is 12.7. The van der Waals surface area contributed by atoms with E-state index in [0.717, 1.165) is 16.4 Å². The van der Waals surface area contributed by atoms with Crippen molar-refractivity contribution in [3.8, 4) is 5.75 Å². The third kappa shape index (κ3) is 6.39. The van der Waals surface area contributed by atoms with E-state index in [4.69, 9.17) is 9.47 Å². The van der Waals surface area contributed by atoms with Gasteiger partial charge in [-0.15, -0.1) is 0 Å². The molecule has 1 heterocycles. The molecule has 0 atom stereocenters. The highest BCUT2D eigenvalue weighted by Gasteiger charge is 2.40. The van der Waals surface area contributed by atoms with Crippen LogP contribution in [0.25, 0.3) is 0 Å². The number of ether oxygens (including phenoxy) is 2. The molecular weight excluding hydrogens is 535 g/mol. The lowest BCUT2D eigenvalue weighted by Gasteiger charge is -2.30.